The van der Waals surface area contributed by atoms with Gasteiger partial charge in [0, 0.05) is 34.2 Å². The Morgan fingerprint density at radius 1 is 0.432 bits per heavy atom. The molecule has 7 heteroatoms. The number of unbranched alkanes of at least 4 members (excludes halogenated alkanes) is 9. The molecule has 0 amide bonds. The minimum atomic E-state index is -0.931. The van der Waals surface area contributed by atoms with Gasteiger partial charge in [-0.05, 0) is 19.3 Å². The van der Waals surface area contributed by atoms with Crippen molar-refractivity contribution in [3.63, 3.8) is 0 Å². The van der Waals surface area contributed by atoms with E-state index in [9.17, 15) is 29.7 Å². The Morgan fingerprint density at radius 2 is 0.622 bits per heavy atom. The zero-order chi connectivity index (χ0) is 28.8. The molecule has 0 bridgehead atoms. The number of carboxylic acid groups (broad SMARTS) is 3. The van der Waals surface area contributed by atoms with Gasteiger partial charge in [-0.1, -0.05) is 139 Å². The van der Waals surface area contributed by atoms with E-state index in [0.29, 0.717) is 0 Å². The molecule has 0 unspecified atom stereocenters. The van der Waals surface area contributed by atoms with Gasteiger partial charge in [0.25, 0.3) is 0 Å². The monoisotopic (exact) mass is 687 g/mol. The third-order valence-electron chi connectivity index (χ3n) is 6.62. The van der Waals surface area contributed by atoms with E-state index in [-0.39, 0.29) is 46.9 Å². The van der Waals surface area contributed by atoms with Crippen LogP contribution in [0.1, 0.15) is 159 Å². The van der Waals surface area contributed by atoms with Crippen molar-refractivity contribution in [2.24, 2.45) is 16.2 Å². The van der Waals surface area contributed by atoms with Crippen molar-refractivity contribution in [1.82, 2.24) is 0 Å². The van der Waals surface area contributed by atoms with Gasteiger partial charge in [-0.3, -0.25) is 0 Å². The minimum Gasteiger partial charge on any atom is -0.550 e. The molecule has 0 N–H and O–H groups in total. The van der Waals surface area contributed by atoms with Gasteiger partial charge in [-0.15, -0.1) is 0 Å². The van der Waals surface area contributed by atoms with Crippen molar-refractivity contribution in [2.75, 3.05) is 0 Å². The maximum atomic E-state index is 10.6. The number of carbonyl (C=O) groups excluding carboxylic acids is 3. The second-order valence-corrected chi connectivity index (χ2v) is 11.9. The van der Waals surface area contributed by atoms with E-state index in [4.69, 9.17) is 0 Å². The van der Waals surface area contributed by atoms with Crippen LogP contribution in [0.5, 0.6) is 0 Å². The molecule has 37 heavy (non-hydrogen) atoms. The number of carboxylic acids is 3. The fourth-order valence-corrected chi connectivity index (χ4v) is 3.29. The Balaban J connectivity index is -0.000000218. The van der Waals surface area contributed by atoms with E-state index in [2.05, 4.69) is 20.8 Å². The van der Waals surface area contributed by atoms with Crippen molar-refractivity contribution >= 4 is 17.9 Å². The molecule has 0 aromatic carbocycles. The van der Waals surface area contributed by atoms with Crippen LogP contribution in [-0.4, -0.2) is 17.9 Å². The molecule has 0 saturated heterocycles. The second kappa shape index (κ2) is 24.9. The van der Waals surface area contributed by atoms with E-state index in [1.807, 2.05) is 0 Å². The molecule has 0 aromatic rings. The van der Waals surface area contributed by atoms with Crippen LogP contribution in [0.2, 0.25) is 0 Å². The Morgan fingerprint density at radius 3 is 0.757 bits per heavy atom. The molecule has 0 aliphatic heterocycles. The second-order valence-electron chi connectivity index (χ2n) is 11.9. The molecular formula is C30H57O6Yb. The summed E-state index contributed by atoms with van der Waals surface area (Å²) in [7, 11) is 0. The van der Waals surface area contributed by atoms with Gasteiger partial charge in [0.15, 0.2) is 0 Å². The largest absolute Gasteiger partial charge is 3.00 e. The van der Waals surface area contributed by atoms with Gasteiger partial charge >= 0.3 is 46.9 Å². The molecule has 0 spiro atoms. The Kier molecular flexibility index (Phi) is 29.6. The topological polar surface area (TPSA) is 120 Å². The van der Waals surface area contributed by atoms with Gasteiger partial charge < -0.3 is 29.7 Å². The van der Waals surface area contributed by atoms with Crippen LogP contribution < -0.4 is 15.3 Å². The first-order valence-electron chi connectivity index (χ1n) is 14.2. The third-order valence-corrected chi connectivity index (χ3v) is 6.62. The van der Waals surface area contributed by atoms with Crippen molar-refractivity contribution in [3.8, 4) is 0 Å². The third kappa shape index (κ3) is 27.3. The van der Waals surface area contributed by atoms with E-state index in [1.165, 1.54) is 38.5 Å². The standard InChI is InChI=1S/3C10H20O2.Yb/c3*1-4-5-6-7-8-10(2,3)9(11)12;/h3*4-8H2,1-3H3,(H,11,12);/q;;;+3/p-3. The minimum absolute atomic E-state index is 0. The maximum Gasteiger partial charge on any atom is 3.00 e. The molecule has 227 valence electrons. The molecule has 0 atom stereocenters. The number of aliphatic carboxylic acids is 3. The van der Waals surface area contributed by atoms with Crippen LogP contribution >= 0.6 is 0 Å². The van der Waals surface area contributed by atoms with Gasteiger partial charge in [-0.25, -0.2) is 0 Å². The smallest absolute Gasteiger partial charge is 0.550 e. The quantitative estimate of drug-likeness (QED) is 0.183. The average Bonchev–Trinajstić information content (AvgIpc) is 2.78. The van der Waals surface area contributed by atoms with E-state index in [0.717, 1.165) is 57.8 Å². The van der Waals surface area contributed by atoms with Gasteiger partial charge in [0.2, 0.25) is 0 Å². The van der Waals surface area contributed by atoms with Crippen molar-refractivity contribution in [2.45, 2.75) is 159 Å². The van der Waals surface area contributed by atoms with E-state index < -0.39 is 34.2 Å². The van der Waals surface area contributed by atoms with Gasteiger partial charge in [0.05, 0.1) is 0 Å². The van der Waals surface area contributed by atoms with Crippen LogP contribution in [0, 0.1) is 63.2 Å². The average molecular weight is 687 g/mol. The summed E-state index contributed by atoms with van der Waals surface area (Å²) in [5.41, 5.74) is -1.94. The van der Waals surface area contributed by atoms with Crippen LogP contribution in [0.3, 0.4) is 0 Å². The number of rotatable bonds is 18. The predicted molar refractivity (Wildman–Crippen MR) is 143 cm³/mol. The predicted octanol–water partition coefficient (Wildman–Crippen LogP) is 5.20. The Hall–Kier alpha value is -0.0705. The number of hydrogen-bond acceptors (Lipinski definition) is 6. The molecule has 0 fully saturated rings. The molecule has 6 nitrogen and oxygen atoms in total. The van der Waals surface area contributed by atoms with Crippen molar-refractivity contribution in [1.29, 1.82) is 0 Å². The molecule has 0 aromatic heterocycles. The van der Waals surface area contributed by atoms with Crippen molar-refractivity contribution in [3.05, 3.63) is 0 Å². The van der Waals surface area contributed by atoms with Crippen LogP contribution in [0.15, 0.2) is 0 Å². The van der Waals surface area contributed by atoms with Crippen LogP contribution in [0.25, 0.3) is 0 Å². The van der Waals surface area contributed by atoms with Gasteiger partial charge in [-0.2, -0.15) is 0 Å². The zero-order valence-corrected chi connectivity index (χ0v) is 27.0. The summed E-state index contributed by atoms with van der Waals surface area (Å²) in [5, 5.41) is 31.7. The zero-order valence-electron chi connectivity index (χ0n) is 25.3. The van der Waals surface area contributed by atoms with Gasteiger partial charge in [0.1, 0.15) is 0 Å². The summed E-state index contributed by atoms with van der Waals surface area (Å²) in [4.78, 5) is 31.7. The van der Waals surface area contributed by atoms with Crippen molar-refractivity contribution < 1.29 is 76.6 Å². The molecule has 0 aliphatic carbocycles. The van der Waals surface area contributed by atoms with Crippen LogP contribution in [0.4, 0.5) is 0 Å². The summed E-state index contributed by atoms with van der Waals surface area (Å²) in [6, 6.07) is 0. The number of hydrogen-bond donors (Lipinski definition) is 0. The van der Waals surface area contributed by atoms with E-state index >= 15 is 0 Å². The summed E-state index contributed by atoms with van der Waals surface area (Å²) < 4.78 is 0. The molecule has 1 radical (unpaired) electrons. The summed E-state index contributed by atoms with van der Waals surface area (Å²) in [6.07, 6.45) is 15.7. The summed E-state index contributed by atoms with van der Waals surface area (Å²) >= 11 is 0. The first kappa shape index (κ1) is 44.0. The Labute approximate surface area is 267 Å². The molecule has 0 heterocycles. The first-order valence-corrected chi connectivity index (χ1v) is 14.2. The number of carbonyl (C=O) groups is 3. The summed E-state index contributed by atoms with van der Waals surface area (Å²) in [6.45, 7) is 16.8. The normalized spacial score (nSPS) is 11.3. The SMILES string of the molecule is CCCCCCC(C)(C)C(=O)[O-].CCCCCCC(C)(C)C(=O)[O-].CCCCCCC(C)(C)C(=O)[O-].[Yb+3]. The fourth-order valence-electron chi connectivity index (χ4n) is 3.29. The molecular weight excluding hydrogens is 629 g/mol. The molecule has 0 rings (SSSR count). The Bertz CT molecular complexity index is 504. The van der Waals surface area contributed by atoms with E-state index in [1.54, 1.807) is 41.5 Å². The molecule has 0 aliphatic rings. The van der Waals surface area contributed by atoms with Crippen LogP contribution in [-0.2, 0) is 14.4 Å². The fraction of sp³-hybridized carbons (Fsp3) is 0.900. The maximum absolute atomic E-state index is 10.6. The summed E-state index contributed by atoms with van der Waals surface area (Å²) in [5.74, 6) is -2.79. The molecule has 0 saturated carbocycles. The first-order chi connectivity index (χ1) is 16.5.